The highest BCUT2D eigenvalue weighted by Gasteiger charge is 2.45. The molecule has 3 atom stereocenters. The predicted molar refractivity (Wildman–Crippen MR) is 84.0 cm³/mol. The van der Waals surface area contributed by atoms with Crippen LogP contribution in [-0.4, -0.2) is 45.5 Å². The van der Waals surface area contributed by atoms with Crippen molar-refractivity contribution in [2.45, 2.75) is 51.1 Å². The minimum Gasteiger partial charge on any atom is -0.480 e. The van der Waals surface area contributed by atoms with Gasteiger partial charge in [-0.25, -0.2) is 4.98 Å². The molecule has 22 heavy (non-hydrogen) atoms. The van der Waals surface area contributed by atoms with Crippen LogP contribution in [0.15, 0.2) is 5.38 Å². The third-order valence-corrected chi connectivity index (χ3v) is 5.57. The minimum absolute atomic E-state index is 0.136. The number of likely N-dealkylation sites (tertiary alicyclic amines) is 1. The number of thiazole rings is 1. The molecule has 2 aliphatic rings. The van der Waals surface area contributed by atoms with Crippen LogP contribution in [0.4, 0.5) is 5.13 Å². The maximum absolute atomic E-state index is 12.2. The lowest BCUT2D eigenvalue weighted by Crippen LogP contribution is -2.46. The molecule has 0 bridgehead atoms. The van der Waals surface area contributed by atoms with Gasteiger partial charge in [-0.05, 0) is 32.1 Å². The van der Waals surface area contributed by atoms with Crippen LogP contribution in [0.2, 0.25) is 0 Å². The number of amides is 1. The highest BCUT2D eigenvalue weighted by Crippen LogP contribution is 2.39. The van der Waals surface area contributed by atoms with Gasteiger partial charge in [0.25, 0.3) is 0 Å². The average Bonchev–Trinajstić information content (AvgIpc) is 3.03. The van der Waals surface area contributed by atoms with Crippen LogP contribution in [0.1, 0.15) is 37.8 Å². The monoisotopic (exact) mass is 323 g/mol. The van der Waals surface area contributed by atoms with E-state index in [4.69, 9.17) is 0 Å². The van der Waals surface area contributed by atoms with E-state index in [1.54, 1.807) is 0 Å². The summed E-state index contributed by atoms with van der Waals surface area (Å²) < 4.78 is 0. The van der Waals surface area contributed by atoms with E-state index in [0.29, 0.717) is 17.5 Å². The quantitative estimate of drug-likeness (QED) is 0.887. The van der Waals surface area contributed by atoms with E-state index < -0.39 is 12.0 Å². The number of rotatable bonds is 4. The second-order valence-corrected chi connectivity index (χ2v) is 7.07. The van der Waals surface area contributed by atoms with Crippen molar-refractivity contribution < 1.29 is 14.7 Å². The summed E-state index contributed by atoms with van der Waals surface area (Å²) in [6.07, 6.45) is 5.04. The molecule has 0 spiro atoms. The number of nitrogens with one attached hydrogen (secondary N) is 1. The van der Waals surface area contributed by atoms with E-state index in [1.807, 2.05) is 17.2 Å². The molecule has 1 aliphatic carbocycles. The molecule has 120 valence electrons. The van der Waals surface area contributed by atoms with Crippen molar-refractivity contribution >= 4 is 28.3 Å². The lowest BCUT2D eigenvalue weighted by molar-refractivity contribution is -0.143. The van der Waals surface area contributed by atoms with Gasteiger partial charge in [0.1, 0.15) is 6.04 Å². The van der Waals surface area contributed by atoms with Crippen LogP contribution < -0.4 is 5.32 Å². The second-order valence-electron chi connectivity index (χ2n) is 6.22. The first-order valence-electron chi connectivity index (χ1n) is 7.75. The van der Waals surface area contributed by atoms with Crippen LogP contribution >= 0.6 is 11.3 Å². The lowest BCUT2D eigenvalue weighted by atomic mass is 9.85. The molecule has 2 fully saturated rings. The Bertz CT molecular complexity index is 574. The Hall–Kier alpha value is -1.47. The van der Waals surface area contributed by atoms with Crippen LogP contribution in [0, 0.1) is 12.8 Å². The Morgan fingerprint density at radius 1 is 1.45 bits per heavy atom. The molecule has 1 saturated carbocycles. The molecule has 0 aromatic carbocycles. The van der Waals surface area contributed by atoms with Crippen molar-refractivity contribution in [2.75, 3.05) is 11.9 Å². The number of aromatic nitrogens is 1. The third kappa shape index (κ3) is 3.15. The van der Waals surface area contributed by atoms with Gasteiger partial charge >= 0.3 is 5.97 Å². The highest BCUT2D eigenvalue weighted by atomic mass is 32.1. The van der Waals surface area contributed by atoms with Gasteiger partial charge < -0.3 is 10.4 Å². The summed E-state index contributed by atoms with van der Waals surface area (Å²) >= 11 is 1.39. The van der Waals surface area contributed by atoms with Crippen molar-refractivity contribution in [3.05, 3.63) is 11.1 Å². The average molecular weight is 323 g/mol. The van der Waals surface area contributed by atoms with Crippen LogP contribution in [0.25, 0.3) is 0 Å². The van der Waals surface area contributed by atoms with E-state index in [1.165, 1.54) is 17.8 Å². The molecule has 3 rings (SSSR count). The molecule has 2 heterocycles. The van der Waals surface area contributed by atoms with Gasteiger partial charge in [-0.15, -0.1) is 11.3 Å². The fraction of sp³-hybridized carbons (Fsp3) is 0.667. The first-order chi connectivity index (χ1) is 10.5. The van der Waals surface area contributed by atoms with Crippen LogP contribution in [-0.2, 0) is 9.59 Å². The van der Waals surface area contributed by atoms with Gasteiger partial charge in [-0.2, -0.15) is 0 Å². The number of aryl methyl sites for hydroxylation is 1. The Labute approximate surface area is 133 Å². The van der Waals surface area contributed by atoms with Crippen LogP contribution in [0.5, 0.6) is 0 Å². The molecule has 1 amide bonds. The maximum Gasteiger partial charge on any atom is 0.320 e. The first kappa shape index (κ1) is 15.4. The molecular formula is C15H21N3O3S. The van der Waals surface area contributed by atoms with Gasteiger partial charge in [0.2, 0.25) is 5.91 Å². The van der Waals surface area contributed by atoms with Gasteiger partial charge in [-0.1, -0.05) is 12.8 Å². The molecular weight excluding hydrogens is 302 g/mol. The topological polar surface area (TPSA) is 82.5 Å². The fourth-order valence-electron chi connectivity index (χ4n) is 3.76. The minimum atomic E-state index is -0.813. The molecule has 0 radical (unpaired) electrons. The summed E-state index contributed by atoms with van der Waals surface area (Å²) in [6.45, 7) is 2.01. The normalized spacial score (nSPS) is 28.3. The zero-order chi connectivity index (χ0) is 15.7. The van der Waals surface area contributed by atoms with Crippen molar-refractivity contribution in [3.63, 3.8) is 0 Å². The van der Waals surface area contributed by atoms with Crippen LogP contribution in [0.3, 0.4) is 0 Å². The lowest BCUT2D eigenvalue weighted by Gasteiger charge is -2.32. The van der Waals surface area contributed by atoms with Crippen molar-refractivity contribution in [1.82, 2.24) is 9.88 Å². The predicted octanol–water partition coefficient (Wildman–Crippen LogP) is 2.11. The second kappa shape index (κ2) is 6.34. The van der Waals surface area contributed by atoms with Gasteiger partial charge in [0, 0.05) is 11.4 Å². The summed E-state index contributed by atoms with van der Waals surface area (Å²) in [5.74, 6) is -0.566. The smallest absolute Gasteiger partial charge is 0.320 e. The van der Waals surface area contributed by atoms with E-state index >= 15 is 0 Å². The molecule has 1 aromatic heterocycles. The van der Waals surface area contributed by atoms with E-state index in [2.05, 4.69) is 10.3 Å². The highest BCUT2D eigenvalue weighted by molar-refractivity contribution is 7.13. The Kier molecular flexibility index (Phi) is 4.44. The summed E-state index contributed by atoms with van der Waals surface area (Å²) in [6, 6.07) is -0.296. The number of anilines is 1. The number of fused-ring (bicyclic) bond motifs is 1. The number of carbonyl (C=O) groups is 2. The van der Waals surface area contributed by atoms with E-state index in [9.17, 15) is 14.7 Å². The molecule has 6 nitrogen and oxygen atoms in total. The standard InChI is InChI=1S/C15H21N3O3S/c1-9-8-22-15(16-9)17-13(19)7-18-11-5-3-2-4-10(11)6-12(18)14(20)21/h8,10-12H,2-7H2,1H3,(H,20,21)(H,16,17,19)/t10-,11+,12-/m0/s1. The first-order valence-corrected chi connectivity index (χ1v) is 8.63. The Balaban J connectivity index is 1.67. The van der Waals surface area contributed by atoms with Crippen molar-refractivity contribution in [1.29, 1.82) is 0 Å². The zero-order valence-electron chi connectivity index (χ0n) is 12.6. The largest absolute Gasteiger partial charge is 0.480 e. The number of carbonyl (C=O) groups excluding carboxylic acids is 1. The summed E-state index contributed by atoms with van der Waals surface area (Å²) in [5, 5.41) is 14.7. The summed E-state index contributed by atoms with van der Waals surface area (Å²) in [4.78, 5) is 29.9. The Morgan fingerprint density at radius 3 is 2.91 bits per heavy atom. The molecule has 1 aliphatic heterocycles. The number of aliphatic carboxylic acids is 1. The number of nitrogens with zero attached hydrogens (tertiary/aromatic N) is 2. The summed E-state index contributed by atoms with van der Waals surface area (Å²) in [5.41, 5.74) is 0.872. The van der Waals surface area contributed by atoms with Gasteiger partial charge in [-0.3, -0.25) is 14.5 Å². The Morgan fingerprint density at radius 2 is 2.23 bits per heavy atom. The third-order valence-electron chi connectivity index (χ3n) is 4.70. The van der Waals surface area contributed by atoms with E-state index in [0.717, 1.165) is 25.0 Å². The molecule has 2 N–H and O–H groups in total. The van der Waals surface area contributed by atoms with Gasteiger partial charge in [0.05, 0.1) is 12.2 Å². The molecule has 1 aromatic rings. The number of carboxylic acid groups (broad SMARTS) is 1. The number of hydrogen-bond donors (Lipinski definition) is 2. The molecule has 7 heteroatoms. The SMILES string of the molecule is Cc1csc(NC(=O)CN2[C@@H]3CCCC[C@H]3C[C@H]2C(=O)O)n1. The van der Waals surface area contributed by atoms with Gasteiger partial charge in [0.15, 0.2) is 5.13 Å². The van der Waals surface area contributed by atoms with Crippen molar-refractivity contribution in [3.8, 4) is 0 Å². The fourth-order valence-corrected chi connectivity index (χ4v) is 4.46. The zero-order valence-corrected chi connectivity index (χ0v) is 13.4. The van der Waals surface area contributed by atoms with E-state index in [-0.39, 0.29) is 18.5 Å². The van der Waals surface area contributed by atoms with Crippen molar-refractivity contribution in [2.24, 2.45) is 5.92 Å². The maximum atomic E-state index is 12.2. The molecule has 0 unspecified atom stereocenters. The molecule has 1 saturated heterocycles. The number of hydrogen-bond acceptors (Lipinski definition) is 5. The number of carboxylic acids is 1. The summed E-state index contributed by atoms with van der Waals surface area (Å²) in [7, 11) is 0.